The van der Waals surface area contributed by atoms with Crippen LogP contribution in [-0.4, -0.2) is 11.6 Å². The zero-order valence-corrected chi connectivity index (χ0v) is 12.8. The van der Waals surface area contributed by atoms with E-state index in [0.29, 0.717) is 10.9 Å². The Labute approximate surface area is 132 Å². The summed E-state index contributed by atoms with van der Waals surface area (Å²) in [6.07, 6.45) is 0. The van der Waals surface area contributed by atoms with Crippen molar-refractivity contribution in [3.63, 3.8) is 0 Å². The molecule has 0 N–H and O–H groups in total. The smallest absolute Gasteiger partial charge is 0.336 e. The van der Waals surface area contributed by atoms with Crippen LogP contribution in [0.5, 0.6) is 0 Å². The van der Waals surface area contributed by atoms with Crippen molar-refractivity contribution in [1.82, 2.24) is 0 Å². The molecule has 2 aromatic carbocycles. The molecule has 0 aliphatic rings. The zero-order chi connectivity index (χ0) is 16.6. The highest BCUT2D eigenvalue weighted by Crippen LogP contribution is 2.24. The van der Waals surface area contributed by atoms with Crippen molar-refractivity contribution in [2.75, 3.05) is 0 Å². The number of hydrogen-bond acceptors (Lipinski definition) is 4. The monoisotopic (exact) mass is 306 g/mol. The third-order valence-electron chi connectivity index (χ3n) is 3.70. The highest BCUT2D eigenvalue weighted by molar-refractivity contribution is 6.19. The van der Waals surface area contributed by atoms with Gasteiger partial charge in [0.2, 0.25) is 0 Å². The molecule has 0 amide bonds. The largest absolute Gasteiger partial charge is 0.422 e. The molecule has 3 rings (SSSR count). The maximum atomic E-state index is 12.7. The first kappa shape index (κ1) is 14.9. The summed E-state index contributed by atoms with van der Waals surface area (Å²) >= 11 is 0. The van der Waals surface area contributed by atoms with Crippen molar-refractivity contribution in [2.24, 2.45) is 0 Å². The van der Waals surface area contributed by atoms with Gasteiger partial charge in [0.15, 0.2) is 11.6 Å². The number of ketones is 2. The fourth-order valence-electron chi connectivity index (χ4n) is 2.53. The van der Waals surface area contributed by atoms with Gasteiger partial charge in [-0.1, -0.05) is 35.9 Å². The summed E-state index contributed by atoms with van der Waals surface area (Å²) in [6.45, 7) is 3.29. The number of Topliss-reactive ketones (excluding diaryl/α,β-unsaturated/α-hetero) is 1. The standard InChI is InChI=1S/C19H14O4/c1-11-3-5-13(6-4-11)18(22)15-9-7-14-8-10-16(21)23-19(14)17(15)12(2)20/h3-10H,1-2H3. The van der Waals surface area contributed by atoms with Crippen molar-refractivity contribution < 1.29 is 14.0 Å². The third-order valence-corrected chi connectivity index (χ3v) is 3.70. The molecule has 1 heterocycles. The number of rotatable bonds is 3. The summed E-state index contributed by atoms with van der Waals surface area (Å²) in [5, 5.41) is 0.607. The van der Waals surface area contributed by atoms with Crippen molar-refractivity contribution in [2.45, 2.75) is 13.8 Å². The number of fused-ring (bicyclic) bond motifs is 1. The SMILES string of the molecule is CC(=O)c1c(C(=O)c2ccc(C)cc2)ccc2ccc(=O)oc12. The van der Waals surface area contributed by atoms with E-state index in [9.17, 15) is 14.4 Å². The second kappa shape index (κ2) is 5.65. The molecule has 4 nitrogen and oxygen atoms in total. The molecule has 0 bridgehead atoms. The van der Waals surface area contributed by atoms with E-state index in [0.717, 1.165) is 5.56 Å². The van der Waals surface area contributed by atoms with Crippen LogP contribution in [-0.2, 0) is 0 Å². The van der Waals surface area contributed by atoms with Gasteiger partial charge in [-0.3, -0.25) is 9.59 Å². The first-order valence-corrected chi connectivity index (χ1v) is 7.16. The number of carbonyl (C=O) groups excluding carboxylic acids is 2. The summed E-state index contributed by atoms with van der Waals surface area (Å²) in [5.74, 6) is -0.594. The molecule has 0 spiro atoms. The molecular weight excluding hydrogens is 292 g/mol. The van der Waals surface area contributed by atoms with Crippen molar-refractivity contribution in [3.8, 4) is 0 Å². The minimum atomic E-state index is -0.556. The van der Waals surface area contributed by atoms with Gasteiger partial charge in [-0.15, -0.1) is 0 Å². The molecule has 0 saturated carbocycles. The average Bonchev–Trinajstić information content (AvgIpc) is 2.53. The molecule has 0 saturated heterocycles. The summed E-state index contributed by atoms with van der Waals surface area (Å²) in [7, 11) is 0. The first-order valence-electron chi connectivity index (χ1n) is 7.16. The molecule has 114 valence electrons. The zero-order valence-electron chi connectivity index (χ0n) is 12.8. The van der Waals surface area contributed by atoms with Crippen molar-refractivity contribution in [3.05, 3.63) is 81.2 Å². The van der Waals surface area contributed by atoms with E-state index < -0.39 is 5.63 Å². The lowest BCUT2D eigenvalue weighted by molar-refractivity contribution is 0.0990. The van der Waals surface area contributed by atoms with Gasteiger partial charge in [-0.25, -0.2) is 4.79 Å². The minimum absolute atomic E-state index is 0.144. The molecule has 0 aliphatic carbocycles. The van der Waals surface area contributed by atoms with Crippen LogP contribution in [0.15, 0.2) is 57.7 Å². The Morgan fingerprint density at radius 2 is 1.57 bits per heavy atom. The topological polar surface area (TPSA) is 64.3 Å². The fourth-order valence-corrected chi connectivity index (χ4v) is 2.53. The number of hydrogen-bond donors (Lipinski definition) is 0. The van der Waals surface area contributed by atoms with Gasteiger partial charge in [-0.05, 0) is 26.0 Å². The predicted molar refractivity (Wildman–Crippen MR) is 87.1 cm³/mol. The number of aryl methyl sites for hydroxylation is 1. The van der Waals surface area contributed by atoms with Crippen molar-refractivity contribution >= 4 is 22.5 Å². The van der Waals surface area contributed by atoms with E-state index in [-0.39, 0.29) is 28.3 Å². The number of carbonyl (C=O) groups is 2. The van der Waals surface area contributed by atoms with Crippen LogP contribution in [0.4, 0.5) is 0 Å². The van der Waals surface area contributed by atoms with Gasteiger partial charge in [0.1, 0.15) is 5.58 Å². The van der Waals surface area contributed by atoms with Gasteiger partial charge >= 0.3 is 5.63 Å². The van der Waals surface area contributed by atoms with Gasteiger partial charge in [0.25, 0.3) is 0 Å². The Morgan fingerprint density at radius 3 is 2.22 bits per heavy atom. The molecule has 3 aromatic rings. The van der Waals surface area contributed by atoms with Gasteiger partial charge < -0.3 is 4.42 Å². The Kier molecular flexibility index (Phi) is 3.66. The predicted octanol–water partition coefficient (Wildman–Crippen LogP) is 3.54. The van der Waals surface area contributed by atoms with Crippen LogP contribution in [0.25, 0.3) is 11.0 Å². The summed E-state index contributed by atoms with van der Waals surface area (Å²) in [5.41, 5.74) is 1.51. The van der Waals surface area contributed by atoms with E-state index >= 15 is 0 Å². The molecule has 1 aromatic heterocycles. The van der Waals surface area contributed by atoms with Crippen LogP contribution in [0.2, 0.25) is 0 Å². The highest BCUT2D eigenvalue weighted by Gasteiger charge is 2.20. The van der Waals surface area contributed by atoms with Crippen molar-refractivity contribution in [1.29, 1.82) is 0 Å². The van der Waals surface area contributed by atoms with Crippen LogP contribution in [0, 0.1) is 6.92 Å². The maximum Gasteiger partial charge on any atom is 0.336 e. The summed E-state index contributed by atoms with van der Waals surface area (Å²) in [6, 6.07) is 13.2. The third kappa shape index (κ3) is 2.71. The average molecular weight is 306 g/mol. The van der Waals surface area contributed by atoms with E-state index in [1.54, 1.807) is 30.3 Å². The maximum absolute atomic E-state index is 12.7. The van der Waals surface area contributed by atoms with Gasteiger partial charge in [0.05, 0.1) is 5.56 Å². The van der Waals surface area contributed by atoms with Crippen LogP contribution < -0.4 is 5.63 Å². The Morgan fingerprint density at radius 1 is 0.913 bits per heavy atom. The molecule has 4 heteroatoms. The first-order chi connectivity index (χ1) is 11.0. The van der Waals surface area contributed by atoms with E-state index in [4.69, 9.17) is 4.42 Å². The van der Waals surface area contributed by atoms with Gasteiger partial charge in [-0.2, -0.15) is 0 Å². The van der Waals surface area contributed by atoms with E-state index in [2.05, 4.69) is 0 Å². The van der Waals surface area contributed by atoms with Crippen LogP contribution in [0.3, 0.4) is 0 Å². The molecule has 0 radical (unpaired) electrons. The Hall–Kier alpha value is -3.01. The molecule has 0 fully saturated rings. The van der Waals surface area contributed by atoms with Crippen LogP contribution >= 0.6 is 0 Å². The Bertz CT molecular complexity index is 978. The van der Waals surface area contributed by atoms with Crippen LogP contribution in [0.1, 0.15) is 38.8 Å². The Balaban J connectivity index is 2.26. The summed E-state index contributed by atoms with van der Waals surface area (Å²) < 4.78 is 5.17. The molecule has 0 aliphatic heterocycles. The van der Waals surface area contributed by atoms with Gasteiger partial charge in [0, 0.05) is 22.6 Å². The quantitative estimate of drug-likeness (QED) is 0.548. The fraction of sp³-hybridized carbons (Fsp3) is 0.105. The second-order valence-corrected chi connectivity index (χ2v) is 5.41. The number of benzene rings is 2. The molecular formula is C19H14O4. The normalized spacial score (nSPS) is 10.7. The van der Waals surface area contributed by atoms with E-state index in [1.807, 2.05) is 19.1 Å². The molecule has 0 atom stereocenters. The summed E-state index contributed by atoms with van der Waals surface area (Å²) in [4.78, 5) is 36.3. The lowest BCUT2D eigenvalue weighted by Gasteiger charge is -2.09. The lowest BCUT2D eigenvalue weighted by Crippen LogP contribution is -2.10. The highest BCUT2D eigenvalue weighted by atomic mass is 16.4. The second-order valence-electron chi connectivity index (χ2n) is 5.41. The molecule has 0 unspecified atom stereocenters. The molecule has 23 heavy (non-hydrogen) atoms. The lowest BCUT2D eigenvalue weighted by atomic mass is 9.94. The minimum Gasteiger partial charge on any atom is -0.422 e. The van der Waals surface area contributed by atoms with E-state index in [1.165, 1.54) is 13.0 Å².